The van der Waals surface area contributed by atoms with Crippen LogP contribution in [-0.4, -0.2) is 0 Å². The molecule has 0 bridgehead atoms. The standard InChI is InChI=1S/C53H33NS/c1-2-16-35-33-36(32-31-34(35)15-1)37-17-6-11-26-46(37)54(48-28-14-30-50-52(48)41-21-7-12-29-49(41)55-50)47-27-13-25-45-51(47)40-20-5-10-24-44(40)53(45)42-22-8-3-18-38(42)39-19-4-9-23-43(39)53/h1-33H. The summed E-state index contributed by atoms with van der Waals surface area (Å²) < 4.78 is 2.59. The minimum atomic E-state index is -0.431. The normalized spacial score (nSPS) is 13.2. The molecule has 0 amide bonds. The molecular formula is C53H33NS. The largest absolute Gasteiger partial charge is 0.309 e. The maximum atomic E-state index is 2.58. The zero-order chi connectivity index (χ0) is 36.1. The molecule has 0 unspecified atom stereocenters. The highest BCUT2D eigenvalue weighted by Gasteiger charge is 2.52. The van der Waals surface area contributed by atoms with Crippen LogP contribution in [-0.2, 0) is 5.41 Å². The molecule has 1 heterocycles. The van der Waals surface area contributed by atoms with E-state index in [1.54, 1.807) is 0 Å². The van der Waals surface area contributed by atoms with E-state index in [0.717, 1.165) is 5.69 Å². The second-order valence-electron chi connectivity index (χ2n) is 14.7. The Balaban J connectivity index is 1.21. The fourth-order valence-corrected chi connectivity index (χ4v) is 11.0. The predicted molar refractivity (Wildman–Crippen MR) is 233 cm³/mol. The molecule has 0 saturated heterocycles. The molecule has 0 fully saturated rings. The third-order valence-electron chi connectivity index (χ3n) is 12.1. The van der Waals surface area contributed by atoms with Gasteiger partial charge < -0.3 is 4.90 Å². The van der Waals surface area contributed by atoms with Gasteiger partial charge in [0.15, 0.2) is 0 Å². The fraction of sp³-hybridized carbons (Fsp3) is 0.0189. The van der Waals surface area contributed by atoms with E-state index in [9.17, 15) is 0 Å². The van der Waals surface area contributed by atoms with Gasteiger partial charge in [0.25, 0.3) is 0 Å². The summed E-state index contributed by atoms with van der Waals surface area (Å²) in [5.74, 6) is 0. The number of hydrogen-bond donors (Lipinski definition) is 0. The molecule has 0 N–H and O–H groups in total. The van der Waals surface area contributed by atoms with E-state index in [1.165, 1.54) is 98.0 Å². The molecule has 0 aliphatic heterocycles. The van der Waals surface area contributed by atoms with Crippen molar-refractivity contribution in [1.82, 2.24) is 0 Å². The minimum absolute atomic E-state index is 0.431. The van der Waals surface area contributed by atoms with Gasteiger partial charge in [0.1, 0.15) is 0 Å². The lowest BCUT2D eigenvalue weighted by atomic mass is 9.70. The van der Waals surface area contributed by atoms with E-state index in [4.69, 9.17) is 0 Å². The SMILES string of the molecule is c1ccc(N(c2cccc3c2-c2ccccc2C32c3ccccc3-c3ccccc32)c2cccc3sc4ccccc4c23)c(-c2ccc3ccccc3c2)c1. The summed E-state index contributed by atoms with van der Waals surface area (Å²) >= 11 is 1.87. The Morgan fingerprint density at radius 1 is 0.364 bits per heavy atom. The van der Waals surface area contributed by atoms with Crippen LogP contribution in [0.3, 0.4) is 0 Å². The van der Waals surface area contributed by atoms with Crippen molar-refractivity contribution in [3.8, 4) is 33.4 Å². The van der Waals surface area contributed by atoms with Crippen LogP contribution in [0.5, 0.6) is 0 Å². The number of hydrogen-bond acceptors (Lipinski definition) is 2. The Hall–Kier alpha value is -6.74. The van der Waals surface area contributed by atoms with Crippen LogP contribution >= 0.6 is 11.3 Å². The smallest absolute Gasteiger partial charge is 0.0726 e. The minimum Gasteiger partial charge on any atom is -0.309 e. The van der Waals surface area contributed by atoms with Crippen molar-refractivity contribution in [2.75, 3.05) is 4.90 Å². The summed E-state index contributed by atoms with van der Waals surface area (Å²) in [7, 11) is 0. The quantitative estimate of drug-likeness (QED) is 0.175. The molecular weight excluding hydrogens is 683 g/mol. The summed E-state index contributed by atoms with van der Waals surface area (Å²) in [5, 5.41) is 5.05. The van der Waals surface area contributed by atoms with Gasteiger partial charge in [0.05, 0.1) is 22.5 Å². The van der Waals surface area contributed by atoms with Crippen molar-refractivity contribution >= 4 is 59.3 Å². The van der Waals surface area contributed by atoms with E-state index < -0.39 is 5.41 Å². The van der Waals surface area contributed by atoms with Crippen LogP contribution in [0, 0.1) is 0 Å². The number of fused-ring (bicyclic) bond motifs is 14. The molecule has 9 aromatic carbocycles. The van der Waals surface area contributed by atoms with Crippen LogP contribution in [0.15, 0.2) is 200 Å². The molecule has 0 saturated carbocycles. The number of anilines is 3. The van der Waals surface area contributed by atoms with E-state index in [0.29, 0.717) is 0 Å². The van der Waals surface area contributed by atoms with Crippen LogP contribution in [0.2, 0.25) is 0 Å². The molecule has 1 aromatic heterocycles. The molecule has 0 atom stereocenters. The molecule has 12 rings (SSSR count). The number of nitrogens with zero attached hydrogens (tertiary/aromatic N) is 1. The molecule has 256 valence electrons. The molecule has 1 spiro atoms. The number of rotatable bonds is 4. The summed E-state index contributed by atoms with van der Waals surface area (Å²) in [6, 6.07) is 74.6. The number of benzene rings is 9. The van der Waals surface area contributed by atoms with E-state index in [2.05, 4.69) is 205 Å². The summed E-state index contributed by atoms with van der Waals surface area (Å²) in [4.78, 5) is 2.58. The maximum Gasteiger partial charge on any atom is 0.0726 e. The van der Waals surface area contributed by atoms with Crippen LogP contribution < -0.4 is 4.90 Å². The zero-order valence-electron chi connectivity index (χ0n) is 29.9. The van der Waals surface area contributed by atoms with E-state index in [-0.39, 0.29) is 0 Å². The lowest BCUT2D eigenvalue weighted by Crippen LogP contribution is -2.26. The highest BCUT2D eigenvalue weighted by molar-refractivity contribution is 7.26. The Kier molecular flexibility index (Phi) is 6.49. The van der Waals surface area contributed by atoms with Gasteiger partial charge in [-0.3, -0.25) is 0 Å². The van der Waals surface area contributed by atoms with Crippen molar-refractivity contribution in [2.45, 2.75) is 5.41 Å². The maximum absolute atomic E-state index is 2.58. The van der Waals surface area contributed by atoms with Crippen molar-refractivity contribution in [1.29, 1.82) is 0 Å². The molecule has 0 radical (unpaired) electrons. The lowest BCUT2D eigenvalue weighted by molar-refractivity contribution is 0.794. The van der Waals surface area contributed by atoms with Crippen LogP contribution in [0.1, 0.15) is 22.3 Å². The molecule has 2 heteroatoms. The van der Waals surface area contributed by atoms with Crippen molar-refractivity contribution in [3.05, 3.63) is 222 Å². The third-order valence-corrected chi connectivity index (χ3v) is 13.2. The Labute approximate surface area is 324 Å². The average Bonchev–Trinajstić information content (AvgIpc) is 3.89. The van der Waals surface area contributed by atoms with Gasteiger partial charge in [0.2, 0.25) is 0 Å². The molecule has 10 aromatic rings. The summed E-state index contributed by atoms with van der Waals surface area (Å²) in [6.07, 6.45) is 0. The first-order valence-corrected chi connectivity index (χ1v) is 19.8. The fourth-order valence-electron chi connectivity index (χ4n) is 9.91. The number of para-hydroxylation sites is 1. The monoisotopic (exact) mass is 715 g/mol. The van der Waals surface area contributed by atoms with E-state index >= 15 is 0 Å². The molecule has 1 nitrogen and oxygen atoms in total. The summed E-state index contributed by atoms with van der Waals surface area (Å²) in [5.41, 5.74) is 16.1. The van der Waals surface area contributed by atoms with Gasteiger partial charge in [-0.25, -0.2) is 0 Å². The van der Waals surface area contributed by atoms with Gasteiger partial charge in [0, 0.05) is 31.3 Å². The summed E-state index contributed by atoms with van der Waals surface area (Å²) in [6.45, 7) is 0. The zero-order valence-corrected chi connectivity index (χ0v) is 30.7. The Bertz CT molecular complexity index is 3140. The second kappa shape index (κ2) is 11.6. The molecule has 2 aliphatic rings. The Morgan fingerprint density at radius 3 is 1.71 bits per heavy atom. The molecule has 2 aliphatic carbocycles. The van der Waals surface area contributed by atoms with Gasteiger partial charge in [-0.15, -0.1) is 11.3 Å². The average molecular weight is 716 g/mol. The third kappa shape index (κ3) is 4.18. The first-order valence-electron chi connectivity index (χ1n) is 19.0. The van der Waals surface area contributed by atoms with Gasteiger partial charge in [-0.05, 0) is 91.7 Å². The second-order valence-corrected chi connectivity index (χ2v) is 15.8. The number of thiophene rings is 1. The van der Waals surface area contributed by atoms with Crippen LogP contribution in [0.25, 0.3) is 64.3 Å². The highest BCUT2D eigenvalue weighted by atomic mass is 32.1. The lowest BCUT2D eigenvalue weighted by Gasteiger charge is -2.32. The molecule has 55 heavy (non-hydrogen) atoms. The van der Waals surface area contributed by atoms with Crippen molar-refractivity contribution in [2.24, 2.45) is 0 Å². The first-order chi connectivity index (χ1) is 27.3. The van der Waals surface area contributed by atoms with Gasteiger partial charge in [-0.1, -0.05) is 164 Å². The predicted octanol–water partition coefficient (Wildman–Crippen LogP) is 14.7. The first kappa shape index (κ1) is 30.7. The van der Waals surface area contributed by atoms with Crippen LogP contribution in [0.4, 0.5) is 17.1 Å². The highest BCUT2D eigenvalue weighted by Crippen LogP contribution is 2.65. The topological polar surface area (TPSA) is 3.24 Å². The van der Waals surface area contributed by atoms with Gasteiger partial charge >= 0.3 is 0 Å². The van der Waals surface area contributed by atoms with Crippen molar-refractivity contribution < 1.29 is 0 Å². The Morgan fingerprint density at radius 2 is 0.909 bits per heavy atom. The van der Waals surface area contributed by atoms with Crippen molar-refractivity contribution in [3.63, 3.8) is 0 Å². The van der Waals surface area contributed by atoms with Gasteiger partial charge in [-0.2, -0.15) is 0 Å². The van der Waals surface area contributed by atoms with E-state index in [1.807, 2.05) is 11.3 Å².